The minimum atomic E-state index is 0.396. The molecule has 0 aliphatic heterocycles. The number of aromatic nitrogens is 2. The maximum atomic E-state index is 4.11. The molecule has 3 heteroatoms. The predicted molar refractivity (Wildman–Crippen MR) is 72.9 cm³/mol. The number of hydrogen-bond acceptors (Lipinski definition) is 2. The van der Waals surface area contributed by atoms with Crippen LogP contribution in [0, 0.1) is 5.92 Å². The Morgan fingerprint density at radius 3 is 2.59 bits per heavy atom. The van der Waals surface area contributed by atoms with Crippen molar-refractivity contribution in [1.29, 1.82) is 0 Å². The lowest BCUT2D eigenvalue weighted by Crippen LogP contribution is -2.30. The molecule has 0 radical (unpaired) electrons. The van der Waals surface area contributed by atoms with Gasteiger partial charge in [-0.3, -0.25) is 5.32 Å². The molecule has 17 heavy (non-hydrogen) atoms. The summed E-state index contributed by atoms with van der Waals surface area (Å²) in [5.41, 5.74) is 0. The van der Waals surface area contributed by atoms with Crippen molar-refractivity contribution in [2.75, 3.05) is 6.54 Å². The highest BCUT2D eigenvalue weighted by Crippen LogP contribution is 2.14. The van der Waals surface area contributed by atoms with Gasteiger partial charge in [-0.25, -0.2) is 4.98 Å². The van der Waals surface area contributed by atoms with Crippen LogP contribution in [0.25, 0.3) is 0 Å². The fourth-order valence-electron chi connectivity index (χ4n) is 2.16. The normalized spacial score (nSPS) is 14.8. The quantitative estimate of drug-likeness (QED) is 0.711. The summed E-state index contributed by atoms with van der Waals surface area (Å²) in [5, 5.41) is 3.65. The molecule has 0 aliphatic carbocycles. The van der Waals surface area contributed by atoms with Gasteiger partial charge in [-0.05, 0) is 25.3 Å². The molecule has 1 rings (SSSR count). The Bertz CT molecular complexity index is 269. The lowest BCUT2D eigenvalue weighted by atomic mass is 9.99. The van der Waals surface area contributed by atoms with Crippen molar-refractivity contribution >= 4 is 0 Å². The monoisotopic (exact) mass is 237 g/mol. The highest BCUT2D eigenvalue weighted by molar-refractivity contribution is 4.79. The molecule has 0 aliphatic rings. The van der Waals surface area contributed by atoms with E-state index in [0.717, 1.165) is 18.9 Å². The van der Waals surface area contributed by atoms with Gasteiger partial charge in [0.05, 0.1) is 12.5 Å². The van der Waals surface area contributed by atoms with Gasteiger partial charge in [0.15, 0.2) is 0 Å². The molecule has 1 aromatic heterocycles. The summed E-state index contributed by atoms with van der Waals surface area (Å²) >= 11 is 0. The van der Waals surface area contributed by atoms with Crippen molar-refractivity contribution in [3.63, 3.8) is 0 Å². The lowest BCUT2D eigenvalue weighted by molar-refractivity contribution is 0.333. The number of unbranched alkanes of at least 4 members (excludes halogenated alkanes) is 1. The van der Waals surface area contributed by atoms with Crippen LogP contribution < -0.4 is 5.32 Å². The summed E-state index contributed by atoms with van der Waals surface area (Å²) in [6.45, 7) is 7.89. The van der Waals surface area contributed by atoms with Crippen molar-refractivity contribution in [1.82, 2.24) is 14.9 Å². The number of rotatable bonds is 9. The van der Waals surface area contributed by atoms with Crippen LogP contribution in [0.1, 0.15) is 59.0 Å². The van der Waals surface area contributed by atoms with Gasteiger partial charge in [0.1, 0.15) is 0 Å². The van der Waals surface area contributed by atoms with E-state index in [-0.39, 0.29) is 0 Å². The third-order valence-corrected chi connectivity index (χ3v) is 3.46. The topological polar surface area (TPSA) is 29.9 Å². The first kappa shape index (κ1) is 14.2. The SMILES string of the molecule is CCCCC(CC)CNC(CC)n1ccnc1. The second-order valence-electron chi connectivity index (χ2n) is 4.76. The number of imidazole rings is 1. The molecule has 0 saturated carbocycles. The van der Waals surface area contributed by atoms with Crippen molar-refractivity contribution < 1.29 is 0 Å². The summed E-state index contributed by atoms with van der Waals surface area (Å²) in [5.74, 6) is 0.813. The van der Waals surface area contributed by atoms with E-state index in [4.69, 9.17) is 0 Å². The fraction of sp³-hybridized carbons (Fsp3) is 0.786. The average Bonchev–Trinajstić information content (AvgIpc) is 2.87. The third kappa shape index (κ3) is 4.90. The van der Waals surface area contributed by atoms with Crippen LogP contribution in [0.2, 0.25) is 0 Å². The molecular formula is C14H27N3. The predicted octanol–water partition coefficient (Wildman–Crippen LogP) is 3.60. The van der Waals surface area contributed by atoms with Gasteiger partial charge in [0, 0.05) is 12.4 Å². The van der Waals surface area contributed by atoms with E-state index in [9.17, 15) is 0 Å². The van der Waals surface area contributed by atoms with Crippen molar-refractivity contribution in [2.45, 2.75) is 59.0 Å². The zero-order chi connectivity index (χ0) is 12.5. The van der Waals surface area contributed by atoms with Gasteiger partial charge < -0.3 is 4.57 Å². The Morgan fingerprint density at radius 1 is 1.24 bits per heavy atom. The maximum absolute atomic E-state index is 4.11. The first-order valence-electron chi connectivity index (χ1n) is 7.02. The van der Waals surface area contributed by atoms with Gasteiger partial charge in [-0.2, -0.15) is 0 Å². The van der Waals surface area contributed by atoms with Gasteiger partial charge in [0.25, 0.3) is 0 Å². The van der Waals surface area contributed by atoms with Crippen LogP contribution in [-0.4, -0.2) is 16.1 Å². The molecule has 1 N–H and O–H groups in total. The van der Waals surface area contributed by atoms with E-state index in [1.807, 2.05) is 18.7 Å². The van der Waals surface area contributed by atoms with Crippen LogP contribution in [0.5, 0.6) is 0 Å². The third-order valence-electron chi connectivity index (χ3n) is 3.46. The summed E-state index contributed by atoms with van der Waals surface area (Å²) < 4.78 is 2.16. The zero-order valence-electron chi connectivity index (χ0n) is 11.5. The van der Waals surface area contributed by atoms with Crippen LogP contribution in [0.4, 0.5) is 0 Å². The summed E-state index contributed by atoms with van der Waals surface area (Å²) in [7, 11) is 0. The highest BCUT2D eigenvalue weighted by atomic mass is 15.2. The molecule has 3 nitrogen and oxygen atoms in total. The zero-order valence-corrected chi connectivity index (χ0v) is 11.5. The van der Waals surface area contributed by atoms with E-state index in [1.54, 1.807) is 0 Å². The summed E-state index contributed by atoms with van der Waals surface area (Å²) in [6.07, 6.45) is 12.5. The molecule has 0 fully saturated rings. The molecule has 98 valence electrons. The van der Waals surface area contributed by atoms with Crippen LogP contribution in [0.3, 0.4) is 0 Å². The van der Waals surface area contributed by atoms with Crippen LogP contribution >= 0.6 is 0 Å². The van der Waals surface area contributed by atoms with Gasteiger partial charge in [0.2, 0.25) is 0 Å². The first-order valence-corrected chi connectivity index (χ1v) is 7.02. The molecule has 0 amide bonds. The van der Waals surface area contributed by atoms with E-state index < -0.39 is 0 Å². The lowest BCUT2D eigenvalue weighted by Gasteiger charge is -2.22. The second-order valence-corrected chi connectivity index (χ2v) is 4.76. The Labute approximate surface area is 106 Å². The van der Waals surface area contributed by atoms with Gasteiger partial charge >= 0.3 is 0 Å². The van der Waals surface area contributed by atoms with Gasteiger partial charge in [-0.15, -0.1) is 0 Å². The standard InChI is InChI=1S/C14H27N3/c1-4-7-8-13(5-2)11-16-14(6-3)17-10-9-15-12-17/h9-10,12-14,16H,4-8,11H2,1-3H3. The highest BCUT2D eigenvalue weighted by Gasteiger charge is 2.10. The van der Waals surface area contributed by atoms with Crippen LogP contribution in [-0.2, 0) is 0 Å². The van der Waals surface area contributed by atoms with Crippen LogP contribution in [0.15, 0.2) is 18.7 Å². The van der Waals surface area contributed by atoms with E-state index in [2.05, 4.69) is 35.6 Å². The number of hydrogen-bond donors (Lipinski definition) is 1. The molecular weight excluding hydrogens is 210 g/mol. The minimum Gasteiger partial charge on any atom is -0.321 e. The van der Waals surface area contributed by atoms with Crippen molar-refractivity contribution in [3.05, 3.63) is 18.7 Å². The smallest absolute Gasteiger partial charge is 0.0959 e. The van der Waals surface area contributed by atoms with E-state index in [1.165, 1.54) is 25.7 Å². The molecule has 0 spiro atoms. The number of nitrogens with one attached hydrogen (secondary N) is 1. The van der Waals surface area contributed by atoms with E-state index >= 15 is 0 Å². The molecule has 2 unspecified atom stereocenters. The van der Waals surface area contributed by atoms with E-state index in [0.29, 0.717) is 6.17 Å². The first-order chi connectivity index (χ1) is 8.31. The Balaban J connectivity index is 2.35. The maximum Gasteiger partial charge on any atom is 0.0959 e. The molecule has 0 aromatic carbocycles. The largest absolute Gasteiger partial charge is 0.321 e. The summed E-state index contributed by atoms with van der Waals surface area (Å²) in [4.78, 5) is 4.11. The second kappa shape index (κ2) is 8.29. The molecule has 1 aromatic rings. The average molecular weight is 237 g/mol. The van der Waals surface area contributed by atoms with Crippen molar-refractivity contribution in [3.8, 4) is 0 Å². The van der Waals surface area contributed by atoms with Crippen molar-refractivity contribution in [2.24, 2.45) is 5.92 Å². The van der Waals surface area contributed by atoms with Gasteiger partial charge in [-0.1, -0.05) is 40.0 Å². The Kier molecular flexibility index (Phi) is 6.94. The number of nitrogens with zero attached hydrogens (tertiary/aromatic N) is 2. The molecule has 2 atom stereocenters. The summed E-state index contributed by atoms with van der Waals surface area (Å²) in [6, 6.07) is 0. The minimum absolute atomic E-state index is 0.396. The molecule has 0 bridgehead atoms. The Hall–Kier alpha value is -0.830. The Morgan fingerprint density at radius 2 is 2.06 bits per heavy atom. The molecule has 1 heterocycles. The fourth-order valence-corrected chi connectivity index (χ4v) is 2.16. The molecule has 0 saturated heterocycles.